The summed E-state index contributed by atoms with van der Waals surface area (Å²) in [5.41, 5.74) is 3.91. The van der Waals surface area contributed by atoms with Crippen LogP contribution in [0.25, 0.3) is 16.9 Å². The Bertz CT molecular complexity index is 1700. The summed E-state index contributed by atoms with van der Waals surface area (Å²) in [7, 11) is 0. The number of halogens is 1. The van der Waals surface area contributed by atoms with Gasteiger partial charge in [-0.25, -0.2) is 9.07 Å². The van der Waals surface area contributed by atoms with Crippen molar-refractivity contribution in [3.05, 3.63) is 95.4 Å². The quantitative estimate of drug-likeness (QED) is 0.171. The van der Waals surface area contributed by atoms with Crippen LogP contribution in [0.15, 0.2) is 72.8 Å². The van der Waals surface area contributed by atoms with Crippen molar-refractivity contribution >= 4 is 34.8 Å². The van der Waals surface area contributed by atoms with Gasteiger partial charge in [0.05, 0.1) is 17.5 Å². The largest absolute Gasteiger partial charge is 0.325 e. The first kappa shape index (κ1) is 26.2. The van der Waals surface area contributed by atoms with Crippen molar-refractivity contribution < 1.29 is 23.6 Å². The highest BCUT2D eigenvalue weighted by atomic mass is 19.1. The van der Waals surface area contributed by atoms with Gasteiger partial charge in [-0.2, -0.15) is 10.4 Å². The van der Waals surface area contributed by atoms with E-state index in [1.165, 1.54) is 12.1 Å². The van der Waals surface area contributed by atoms with Gasteiger partial charge in [-0.1, -0.05) is 31.2 Å². The number of para-hydroxylation sites is 1. The normalized spacial score (nSPS) is 12.0. The second-order valence-electron chi connectivity index (χ2n) is 9.13. The highest BCUT2D eigenvalue weighted by Crippen LogP contribution is 2.41. The van der Waals surface area contributed by atoms with Crippen molar-refractivity contribution in [3.63, 3.8) is 0 Å². The first-order chi connectivity index (χ1) is 19.3. The molecule has 1 heterocycles. The molecule has 0 saturated heterocycles. The third-order valence-corrected chi connectivity index (χ3v) is 6.55. The van der Waals surface area contributed by atoms with Gasteiger partial charge in [-0.3, -0.25) is 19.2 Å². The third kappa shape index (κ3) is 4.88. The number of carbonyl (C=O) groups excluding carboxylic acids is 4. The standard InChI is InChI=1S/C30H22FN5O4/c1-2-25(37)30(40)34-20-11-8-17-14-23-26(35-36(27(23)22(17)15-20)21-6-4-3-5-7-21)28(38)24(16-32)29(39)33-19-12-9-18(31)10-13-19/h3-13,15,24H,2,14H2,1H3,(H,33,39)(H,34,40). The van der Waals surface area contributed by atoms with E-state index in [1.807, 2.05) is 18.2 Å². The molecule has 1 aliphatic rings. The number of hydrogen-bond acceptors (Lipinski definition) is 6. The average molecular weight is 536 g/mol. The average Bonchev–Trinajstić information content (AvgIpc) is 3.52. The molecule has 0 fully saturated rings. The predicted molar refractivity (Wildman–Crippen MR) is 144 cm³/mol. The van der Waals surface area contributed by atoms with Crippen molar-refractivity contribution in [2.75, 3.05) is 10.6 Å². The number of ketones is 2. The minimum absolute atomic E-state index is 0.0254. The van der Waals surface area contributed by atoms with E-state index >= 15 is 0 Å². The molecule has 0 radical (unpaired) electrons. The first-order valence-corrected chi connectivity index (χ1v) is 12.5. The summed E-state index contributed by atoms with van der Waals surface area (Å²) in [6, 6.07) is 20.9. The molecule has 198 valence electrons. The predicted octanol–water partition coefficient (Wildman–Crippen LogP) is 4.46. The Morgan fingerprint density at radius 2 is 1.70 bits per heavy atom. The molecule has 2 amide bonds. The van der Waals surface area contributed by atoms with Crippen LogP contribution in [-0.2, 0) is 20.8 Å². The highest BCUT2D eigenvalue weighted by Gasteiger charge is 2.36. The lowest BCUT2D eigenvalue weighted by molar-refractivity contribution is -0.134. The van der Waals surface area contributed by atoms with Gasteiger partial charge >= 0.3 is 0 Å². The fourth-order valence-electron chi connectivity index (χ4n) is 4.55. The number of Topliss-reactive ketones (excluding diaryl/α,β-unsaturated/α-hetero) is 2. The van der Waals surface area contributed by atoms with Gasteiger partial charge in [0.25, 0.3) is 5.91 Å². The molecule has 3 aromatic carbocycles. The fourth-order valence-corrected chi connectivity index (χ4v) is 4.55. The lowest BCUT2D eigenvalue weighted by Gasteiger charge is -2.11. The zero-order valence-electron chi connectivity index (χ0n) is 21.3. The number of benzene rings is 3. The third-order valence-electron chi connectivity index (χ3n) is 6.55. The van der Waals surface area contributed by atoms with E-state index in [-0.39, 0.29) is 17.8 Å². The number of carbonyl (C=O) groups is 4. The summed E-state index contributed by atoms with van der Waals surface area (Å²) < 4.78 is 14.8. The minimum Gasteiger partial charge on any atom is -0.325 e. The van der Waals surface area contributed by atoms with E-state index < -0.39 is 35.1 Å². The Morgan fingerprint density at radius 1 is 1.00 bits per heavy atom. The molecule has 1 aromatic heterocycles. The van der Waals surface area contributed by atoms with Crippen LogP contribution in [0.3, 0.4) is 0 Å². The highest BCUT2D eigenvalue weighted by molar-refractivity contribution is 6.40. The second kappa shape index (κ2) is 10.7. The maximum atomic E-state index is 13.6. The van der Waals surface area contributed by atoms with Crippen molar-refractivity contribution in [3.8, 4) is 23.0 Å². The van der Waals surface area contributed by atoms with Crippen molar-refractivity contribution in [1.29, 1.82) is 5.26 Å². The molecule has 1 unspecified atom stereocenters. The molecule has 0 bridgehead atoms. The molecule has 0 spiro atoms. The molecule has 0 saturated carbocycles. The number of fused-ring (bicyclic) bond motifs is 3. The molecular weight excluding hydrogens is 513 g/mol. The van der Waals surface area contributed by atoms with Gasteiger partial charge in [0, 0.05) is 35.3 Å². The van der Waals surface area contributed by atoms with E-state index in [1.54, 1.807) is 48.0 Å². The van der Waals surface area contributed by atoms with Crippen molar-refractivity contribution in [1.82, 2.24) is 9.78 Å². The maximum absolute atomic E-state index is 13.6. The molecule has 2 N–H and O–H groups in total. The summed E-state index contributed by atoms with van der Waals surface area (Å²) in [5, 5.41) is 19.4. The van der Waals surface area contributed by atoms with Gasteiger partial charge in [-0.05, 0) is 54.1 Å². The van der Waals surface area contributed by atoms with E-state index in [0.717, 1.165) is 17.7 Å². The number of hydrogen-bond donors (Lipinski definition) is 2. The van der Waals surface area contributed by atoms with Crippen LogP contribution in [-0.4, -0.2) is 33.2 Å². The molecule has 4 aromatic rings. The molecular formula is C30H22FN5O4. The number of amides is 2. The number of nitrogens with one attached hydrogen (secondary N) is 2. The smallest absolute Gasteiger partial charge is 0.291 e. The molecule has 1 atom stereocenters. The lowest BCUT2D eigenvalue weighted by Crippen LogP contribution is -2.29. The molecule has 40 heavy (non-hydrogen) atoms. The van der Waals surface area contributed by atoms with Gasteiger partial charge in [0.1, 0.15) is 11.5 Å². The van der Waals surface area contributed by atoms with Crippen molar-refractivity contribution in [2.45, 2.75) is 19.8 Å². The van der Waals surface area contributed by atoms with Crippen LogP contribution < -0.4 is 10.6 Å². The van der Waals surface area contributed by atoms with Gasteiger partial charge in [0.2, 0.25) is 17.5 Å². The number of nitrogens with zero attached hydrogens (tertiary/aromatic N) is 3. The number of anilines is 2. The SMILES string of the molecule is CCC(=O)C(=O)Nc1ccc2c(c1)-c1c(c(C(=O)C(C#N)C(=O)Nc3ccc(F)cc3)nn1-c1ccccc1)C2. The lowest BCUT2D eigenvalue weighted by atomic mass is 9.98. The van der Waals surface area contributed by atoms with E-state index in [0.29, 0.717) is 34.6 Å². The van der Waals surface area contributed by atoms with E-state index in [2.05, 4.69) is 15.7 Å². The molecule has 1 aliphatic carbocycles. The van der Waals surface area contributed by atoms with Crippen LogP contribution in [0.5, 0.6) is 0 Å². The van der Waals surface area contributed by atoms with Crippen LogP contribution in [0, 0.1) is 23.1 Å². The zero-order valence-corrected chi connectivity index (χ0v) is 21.3. The summed E-state index contributed by atoms with van der Waals surface area (Å²) in [4.78, 5) is 50.5. The first-order valence-electron chi connectivity index (χ1n) is 12.5. The summed E-state index contributed by atoms with van der Waals surface area (Å²) in [5.74, 6) is -5.10. The van der Waals surface area contributed by atoms with Crippen LogP contribution >= 0.6 is 0 Å². The van der Waals surface area contributed by atoms with Gasteiger partial charge in [-0.15, -0.1) is 0 Å². The van der Waals surface area contributed by atoms with E-state index in [4.69, 9.17) is 0 Å². The summed E-state index contributed by atoms with van der Waals surface area (Å²) in [6.45, 7) is 1.60. The Labute approximate surface area is 228 Å². The zero-order chi connectivity index (χ0) is 28.4. The number of rotatable bonds is 8. The second-order valence-corrected chi connectivity index (χ2v) is 9.13. The Morgan fingerprint density at radius 3 is 2.38 bits per heavy atom. The van der Waals surface area contributed by atoms with Gasteiger partial charge < -0.3 is 10.6 Å². The number of nitriles is 1. The molecule has 10 heteroatoms. The monoisotopic (exact) mass is 535 g/mol. The number of aromatic nitrogens is 2. The van der Waals surface area contributed by atoms with Crippen molar-refractivity contribution in [2.24, 2.45) is 5.92 Å². The molecule has 0 aliphatic heterocycles. The fraction of sp³-hybridized carbons (Fsp3) is 0.133. The van der Waals surface area contributed by atoms with Crippen LogP contribution in [0.2, 0.25) is 0 Å². The maximum Gasteiger partial charge on any atom is 0.291 e. The summed E-state index contributed by atoms with van der Waals surface area (Å²) >= 11 is 0. The topological polar surface area (TPSA) is 134 Å². The molecule has 5 rings (SSSR count). The summed E-state index contributed by atoms with van der Waals surface area (Å²) in [6.07, 6.45) is 0.375. The minimum atomic E-state index is -1.70. The Hall–Kier alpha value is -5.43. The van der Waals surface area contributed by atoms with Crippen LogP contribution in [0.1, 0.15) is 35.0 Å². The van der Waals surface area contributed by atoms with Gasteiger partial charge in [0.15, 0.2) is 5.92 Å². The Balaban J connectivity index is 1.54. The van der Waals surface area contributed by atoms with E-state index in [9.17, 15) is 28.8 Å². The Kier molecular flexibility index (Phi) is 7.03. The van der Waals surface area contributed by atoms with Crippen LogP contribution in [0.4, 0.5) is 15.8 Å². The molecule has 9 nitrogen and oxygen atoms in total.